The van der Waals surface area contributed by atoms with Crippen molar-refractivity contribution in [1.29, 1.82) is 0 Å². The molecule has 6 N–H and O–H groups in total. The third-order valence-electron chi connectivity index (χ3n) is 2.38. The van der Waals surface area contributed by atoms with Crippen LogP contribution in [-0.2, 0) is 0 Å². The van der Waals surface area contributed by atoms with Crippen LogP contribution in [0.2, 0.25) is 5.02 Å². The van der Waals surface area contributed by atoms with E-state index in [4.69, 9.17) is 28.8 Å². The lowest BCUT2D eigenvalue weighted by atomic mass is 10.3. The number of aryl methyl sites for hydroxylation is 1. The van der Waals surface area contributed by atoms with Crippen LogP contribution in [0.25, 0.3) is 5.69 Å². The Hall–Kier alpha value is -2.54. The summed E-state index contributed by atoms with van der Waals surface area (Å²) < 4.78 is 1.69. The minimum absolute atomic E-state index is 0.0382. The highest BCUT2D eigenvalue weighted by Gasteiger charge is 2.05. The zero-order valence-corrected chi connectivity index (χ0v) is 11.5. The van der Waals surface area contributed by atoms with Gasteiger partial charge in [-0.3, -0.25) is 0 Å². The summed E-state index contributed by atoms with van der Waals surface area (Å²) in [7, 11) is 0. The summed E-state index contributed by atoms with van der Waals surface area (Å²) in [6, 6.07) is 5.19. The van der Waals surface area contributed by atoms with Crippen LogP contribution in [0.5, 0.6) is 0 Å². The van der Waals surface area contributed by atoms with Crippen molar-refractivity contribution in [3.8, 4) is 5.69 Å². The summed E-state index contributed by atoms with van der Waals surface area (Å²) in [4.78, 5) is 7.66. The van der Waals surface area contributed by atoms with Crippen molar-refractivity contribution in [3.63, 3.8) is 0 Å². The zero-order valence-electron chi connectivity index (χ0n) is 10.8. The number of nitrogens with two attached hydrogens (primary N) is 3. The van der Waals surface area contributed by atoms with E-state index in [-0.39, 0.29) is 11.9 Å². The molecule has 8 heteroatoms. The van der Waals surface area contributed by atoms with Gasteiger partial charge in [-0.1, -0.05) is 11.6 Å². The van der Waals surface area contributed by atoms with Gasteiger partial charge in [0, 0.05) is 6.20 Å². The number of aromatic nitrogens is 2. The first-order valence-electron chi connectivity index (χ1n) is 5.70. The molecule has 0 radical (unpaired) electrons. The molecular weight excluding hydrogens is 278 g/mol. The van der Waals surface area contributed by atoms with Crippen LogP contribution < -0.4 is 17.2 Å². The Bertz CT molecular complexity index is 683. The Morgan fingerprint density at radius 1 is 1.30 bits per heavy atom. The first-order chi connectivity index (χ1) is 9.45. The molecule has 2 rings (SSSR count). The van der Waals surface area contributed by atoms with Crippen LogP contribution in [0.1, 0.15) is 5.56 Å². The fourth-order valence-corrected chi connectivity index (χ4v) is 1.85. The first kappa shape index (κ1) is 13.9. The van der Waals surface area contributed by atoms with Gasteiger partial charge in [-0.05, 0) is 30.7 Å². The largest absolute Gasteiger partial charge is 0.370 e. The van der Waals surface area contributed by atoms with E-state index in [1.807, 2.05) is 13.1 Å². The van der Waals surface area contributed by atoms with Gasteiger partial charge in [0.2, 0.25) is 5.96 Å². The number of halogens is 1. The van der Waals surface area contributed by atoms with E-state index in [1.54, 1.807) is 29.1 Å². The topological polar surface area (TPSA) is 121 Å². The second-order valence-electron chi connectivity index (χ2n) is 4.10. The standard InChI is InChI=1S/C12H14ClN7/c1-7-5-17-20(6-7)10-3-2-8(4-9(10)13)18-12(16)19-11(14)15/h2-6H,1H3,(H6,14,15,16,18,19). The number of benzene rings is 1. The minimum Gasteiger partial charge on any atom is -0.370 e. The molecular formula is C12H14ClN7. The third kappa shape index (κ3) is 3.27. The molecule has 7 nitrogen and oxygen atoms in total. The van der Waals surface area contributed by atoms with Crippen molar-refractivity contribution in [2.75, 3.05) is 0 Å². The average molecular weight is 292 g/mol. The highest BCUT2D eigenvalue weighted by molar-refractivity contribution is 6.32. The van der Waals surface area contributed by atoms with Crippen molar-refractivity contribution in [3.05, 3.63) is 41.2 Å². The fourth-order valence-electron chi connectivity index (χ4n) is 1.59. The Kier molecular flexibility index (Phi) is 3.90. The molecule has 0 atom stereocenters. The van der Waals surface area contributed by atoms with Crippen LogP contribution in [0.4, 0.5) is 5.69 Å². The van der Waals surface area contributed by atoms with E-state index in [0.717, 1.165) is 11.3 Å². The molecule has 1 aromatic carbocycles. The van der Waals surface area contributed by atoms with Gasteiger partial charge in [-0.25, -0.2) is 9.67 Å². The molecule has 2 aromatic rings. The predicted molar refractivity (Wildman–Crippen MR) is 80.4 cm³/mol. The smallest absolute Gasteiger partial charge is 0.223 e. The SMILES string of the molecule is Cc1cnn(-c2ccc(N=C(N)N=C(N)N)cc2Cl)c1. The van der Waals surface area contributed by atoms with Crippen molar-refractivity contribution < 1.29 is 0 Å². The number of hydrogen-bond acceptors (Lipinski definition) is 2. The molecule has 0 saturated heterocycles. The quantitative estimate of drug-likeness (QED) is 0.565. The van der Waals surface area contributed by atoms with Crippen LogP contribution in [0.3, 0.4) is 0 Å². The Balaban J connectivity index is 2.33. The molecule has 0 unspecified atom stereocenters. The number of nitrogens with zero attached hydrogens (tertiary/aromatic N) is 4. The Labute approximate surface area is 120 Å². The van der Waals surface area contributed by atoms with Crippen molar-refractivity contribution in [2.24, 2.45) is 27.2 Å². The third-order valence-corrected chi connectivity index (χ3v) is 2.68. The van der Waals surface area contributed by atoms with Crippen LogP contribution >= 0.6 is 11.6 Å². The van der Waals surface area contributed by atoms with Crippen molar-refractivity contribution in [2.45, 2.75) is 6.92 Å². The maximum absolute atomic E-state index is 6.21. The lowest BCUT2D eigenvalue weighted by Gasteiger charge is -2.05. The van der Waals surface area contributed by atoms with E-state index in [1.165, 1.54) is 0 Å². The summed E-state index contributed by atoms with van der Waals surface area (Å²) in [5.74, 6) is -0.190. The van der Waals surface area contributed by atoms with Gasteiger partial charge in [0.1, 0.15) is 0 Å². The van der Waals surface area contributed by atoms with E-state index in [9.17, 15) is 0 Å². The van der Waals surface area contributed by atoms with E-state index >= 15 is 0 Å². The molecule has 0 spiro atoms. The fraction of sp³-hybridized carbons (Fsp3) is 0.0833. The van der Waals surface area contributed by atoms with Gasteiger partial charge < -0.3 is 17.2 Å². The second-order valence-corrected chi connectivity index (χ2v) is 4.51. The first-order valence-corrected chi connectivity index (χ1v) is 6.08. The molecule has 0 amide bonds. The molecule has 0 fully saturated rings. The van der Waals surface area contributed by atoms with E-state index in [0.29, 0.717) is 10.7 Å². The normalized spacial score (nSPS) is 11.4. The maximum atomic E-state index is 6.21. The number of aliphatic imine (C=N–C) groups is 2. The Morgan fingerprint density at radius 3 is 2.60 bits per heavy atom. The molecule has 0 saturated carbocycles. The Morgan fingerprint density at radius 2 is 2.05 bits per heavy atom. The molecule has 0 bridgehead atoms. The predicted octanol–water partition coefficient (Wildman–Crippen LogP) is 1.05. The highest BCUT2D eigenvalue weighted by Crippen LogP contribution is 2.25. The maximum Gasteiger partial charge on any atom is 0.223 e. The summed E-state index contributed by atoms with van der Waals surface area (Å²) >= 11 is 6.21. The number of guanidine groups is 2. The molecule has 20 heavy (non-hydrogen) atoms. The average Bonchev–Trinajstić information content (AvgIpc) is 2.74. The van der Waals surface area contributed by atoms with E-state index < -0.39 is 0 Å². The van der Waals surface area contributed by atoms with Crippen molar-refractivity contribution >= 4 is 29.2 Å². The molecule has 1 aromatic heterocycles. The van der Waals surface area contributed by atoms with Gasteiger partial charge in [-0.2, -0.15) is 10.1 Å². The van der Waals surface area contributed by atoms with Crippen LogP contribution in [-0.4, -0.2) is 21.7 Å². The highest BCUT2D eigenvalue weighted by atomic mass is 35.5. The molecule has 104 valence electrons. The van der Waals surface area contributed by atoms with Gasteiger partial charge in [0.15, 0.2) is 5.96 Å². The summed E-state index contributed by atoms with van der Waals surface area (Å²) in [6.45, 7) is 1.95. The lowest BCUT2D eigenvalue weighted by Crippen LogP contribution is -2.26. The lowest BCUT2D eigenvalue weighted by molar-refractivity contribution is 0.880. The molecule has 0 aliphatic rings. The molecule has 0 aliphatic heterocycles. The minimum atomic E-state index is -0.152. The summed E-state index contributed by atoms with van der Waals surface area (Å²) in [5, 5.41) is 4.69. The summed E-state index contributed by atoms with van der Waals surface area (Å²) in [5.41, 5.74) is 18.3. The van der Waals surface area contributed by atoms with Crippen LogP contribution in [0, 0.1) is 6.92 Å². The van der Waals surface area contributed by atoms with Gasteiger partial charge >= 0.3 is 0 Å². The van der Waals surface area contributed by atoms with Crippen LogP contribution in [0.15, 0.2) is 40.6 Å². The number of rotatable bonds is 2. The number of hydrogen-bond donors (Lipinski definition) is 3. The van der Waals surface area contributed by atoms with E-state index in [2.05, 4.69) is 15.1 Å². The van der Waals surface area contributed by atoms with Gasteiger partial charge in [-0.15, -0.1) is 0 Å². The van der Waals surface area contributed by atoms with Gasteiger partial charge in [0.25, 0.3) is 0 Å². The molecule has 0 aliphatic carbocycles. The molecule has 1 heterocycles. The summed E-state index contributed by atoms with van der Waals surface area (Å²) in [6.07, 6.45) is 3.62. The van der Waals surface area contributed by atoms with Gasteiger partial charge in [0.05, 0.1) is 22.6 Å². The van der Waals surface area contributed by atoms with Crippen molar-refractivity contribution in [1.82, 2.24) is 9.78 Å². The second kappa shape index (κ2) is 5.62. The zero-order chi connectivity index (χ0) is 14.7. The monoisotopic (exact) mass is 291 g/mol.